The number of carboxylic acids is 1. The topological polar surface area (TPSA) is 46.5 Å². The summed E-state index contributed by atoms with van der Waals surface area (Å²) in [4.78, 5) is 10.4. The average molecular weight is 162 g/mol. The summed E-state index contributed by atoms with van der Waals surface area (Å²) in [6, 6.07) is 0. The van der Waals surface area contributed by atoms with Crippen LogP contribution in [0.5, 0.6) is 0 Å². The van der Waals surface area contributed by atoms with Crippen molar-refractivity contribution in [3.8, 4) is 0 Å². The Kier molecular flexibility index (Phi) is 2.56. The first-order chi connectivity index (χ1) is 4.70. The molecule has 0 aromatic heterocycles. The summed E-state index contributed by atoms with van der Waals surface area (Å²) in [6.07, 6.45) is 0.629. The summed E-state index contributed by atoms with van der Waals surface area (Å²) < 4.78 is 5.16. The van der Waals surface area contributed by atoms with Crippen molar-refractivity contribution in [3.05, 3.63) is 0 Å². The van der Waals surface area contributed by atoms with Crippen molar-refractivity contribution in [2.24, 2.45) is 0 Å². The van der Waals surface area contributed by atoms with E-state index in [9.17, 15) is 4.79 Å². The summed E-state index contributed by atoms with van der Waals surface area (Å²) in [6.45, 7) is 2.45. The third kappa shape index (κ3) is 1.88. The first kappa shape index (κ1) is 7.88. The monoisotopic (exact) mass is 162 g/mol. The summed E-state index contributed by atoms with van der Waals surface area (Å²) in [5.41, 5.74) is 0.0369. The molecule has 0 aliphatic carbocycles. The van der Waals surface area contributed by atoms with E-state index in [1.165, 1.54) is 11.8 Å². The molecule has 1 aliphatic rings. The molecule has 0 amide bonds. The van der Waals surface area contributed by atoms with Gasteiger partial charge in [0.05, 0.1) is 0 Å². The maximum absolute atomic E-state index is 10.4. The molecule has 1 saturated heterocycles. The van der Waals surface area contributed by atoms with Gasteiger partial charge in [-0.05, 0) is 13.3 Å². The number of rotatable bonds is 1. The van der Waals surface area contributed by atoms with Crippen molar-refractivity contribution in [1.82, 2.24) is 0 Å². The molecule has 1 aliphatic heterocycles. The third-order valence-electron chi connectivity index (χ3n) is 1.36. The Bertz CT molecular complexity index is 137. The second kappa shape index (κ2) is 3.25. The summed E-state index contributed by atoms with van der Waals surface area (Å²) in [5, 5.41) is 8.32. The number of thioether (sulfide) groups is 1. The second-order valence-electron chi connectivity index (χ2n) is 2.19. The van der Waals surface area contributed by atoms with Crippen LogP contribution in [0.1, 0.15) is 13.3 Å². The van der Waals surface area contributed by atoms with Gasteiger partial charge in [0.25, 0.3) is 0 Å². The Morgan fingerprint density at radius 3 is 2.90 bits per heavy atom. The molecule has 0 spiro atoms. The molecule has 0 bridgehead atoms. The highest BCUT2D eigenvalue weighted by atomic mass is 32.2. The number of ether oxygens (including phenoxy) is 1. The normalized spacial score (nSPS) is 33.7. The SMILES string of the molecule is CC1OCCC(C(=O)O)S1. The molecular weight excluding hydrogens is 152 g/mol. The van der Waals surface area contributed by atoms with E-state index in [4.69, 9.17) is 9.84 Å². The van der Waals surface area contributed by atoms with Crippen molar-refractivity contribution in [2.45, 2.75) is 24.0 Å². The minimum Gasteiger partial charge on any atom is -0.480 e. The van der Waals surface area contributed by atoms with Crippen LogP contribution < -0.4 is 0 Å². The summed E-state index contributed by atoms with van der Waals surface area (Å²) in [5.74, 6) is -0.722. The predicted molar refractivity (Wildman–Crippen MR) is 39.0 cm³/mol. The first-order valence-electron chi connectivity index (χ1n) is 3.20. The molecule has 2 unspecified atom stereocenters. The molecule has 1 rings (SSSR count). The zero-order chi connectivity index (χ0) is 7.56. The van der Waals surface area contributed by atoms with Crippen LogP contribution in [0.4, 0.5) is 0 Å². The van der Waals surface area contributed by atoms with E-state index in [1.54, 1.807) is 0 Å². The van der Waals surface area contributed by atoms with Crippen LogP contribution in [-0.4, -0.2) is 28.4 Å². The molecule has 1 N–H and O–H groups in total. The maximum atomic E-state index is 10.4. The lowest BCUT2D eigenvalue weighted by atomic mass is 10.3. The van der Waals surface area contributed by atoms with Gasteiger partial charge in [-0.1, -0.05) is 0 Å². The zero-order valence-electron chi connectivity index (χ0n) is 5.74. The van der Waals surface area contributed by atoms with Crippen LogP contribution in [0, 0.1) is 0 Å². The second-order valence-corrected chi connectivity index (χ2v) is 3.70. The molecule has 4 heteroatoms. The summed E-state index contributed by atoms with van der Waals surface area (Å²) in [7, 11) is 0. The smallest absolute Gasteiger partial charge is 0.316 e. The maximum Gasteiger partial charge on any atom is 0.316 e. The van der Waals surface area contributed by atoms with Gasteiger partial charge < -0.3 is 9.84 Å². The van der Waals surface area contributed by atoms with Gasteiger partial charge in [0.2, 0.25) is 0 Å². The Hall–Kier alpha value is -0.220. The van der Waals surface area contributed by atoms with Gasteiger partial charge >= 0.3 is 5.97 Å². The lowest BCUT2D eigenvalue weighted by molar-refractivity contribution is -0.137. The largest absolute Gasteiger partial charge is 0.480 e. The molecule has 2 atom stereocenters. The summed E-state index contributed by atoms with van der Waals surface area (Å²) >= 11 is 1.37. The minimum atomic E-state index is -0.722. The van der Waals surface area contributed by atoms with Gasteiger partial charge in [-0.25, -0.2) is 0 Å². The highest BCUT2D eigenvalue weighted by molar-refractivity contribution is 8.01. The quantitative estimate of drug-likeness (QED) is 0.623. The van der Waals surface area contributed by atoms with Crippen LogP contribution in [0.15, 0.2) is 0 Å². The van der Waals surface area contributed by atoms with Crippen molar-refractivity contribution >= 4 is 17.7 Å². The number of hydrogen-bond acceptors (Lipinski definition) is 3. The molecule has 58 valence electrons. The molecule has 0 aromatic carbocycles. The molecule has 1 fully saturated rings. The van der Waals surface area contributed by atoms with E-state index in [1.807, 2.05) is 6.92 Å². The molecule has 10 heavy (non-hydrogen) atoms. The van der Waals surface area contributed by atoms with E-state index < -0.39 is 5.97 Å². The average Bonchev–Trinajstić information content (AvgIpc) is 1.88. The van der Waals surface area contributed by atoms with E-state index in [-0.39, 0.29) is 10.7 Å². The van der Waals surface area contributed by atoms with E-state index >= 15 is 0 Å². The lowest BCUT2D eigenvalue weighted by Crippen LogP contribution is -2.27. The highest BCUT2D eigenvalue weighted by Crippen LogP contribution is 2.26. The Morgan fingerprint density at radius 2 is 2.50 bits per heavy atom. The van der Waals surface area contributed by atoms with Crippen molar-refractivity contribution in [1.29, 1.82) is 0 Å². The number of aliphatic carboxylic acids is 1. The lowest BCUT2D eigenvalue weighted by Gasteiger charge is -2.23. The Morgan fingerprint density at radius 1 is 1.80 bits per heavy atom. The molecule has 0 saturated carbocycles. The van der Waals surface area contributed by atoms with Gasteiger partial charge in [-0.15, -0.1) is 11.8 Å². The van der Waals surface area contributed by atoms with Crippen LogP contribution in [0.2, 0.25) is 0 Å². The fraction of sp³-hybridized carbons (Fsp3) is 0.833. The number of carboxylic acid groups (broad SMARTS) is 1. The van der Waals surface area contributed by atoms with Gasteiger partial charge in [0.1, 0.15) is 10.7 Å². The highest BCUT2D eigenvalue weighted by Gasteiger charge is 2.25. The fourth-order valence-corrected chi connectivity index (χ4v) is 1.85. The van der Waals surface area contributed by atoms with Crippen molar-refractivity contribution < 1.29 is 14.6 Å². The van der Waals surface area contributed by atoms with Crippen molar-refractivity contribution in [2.75, 3.05) is 6.61 Å². The molecular formula is C6H10O3S. The number of hydrogen-bond donors (Lipinski definition) is 1. The molecule has 1 heterocycles. The first-order valence-corrected chi connectivity index (χ1v) is 4.14. The van der Waals surface area contributed by atoms with Gasteiger partial charge in [0, 0.05) is 6.61 Å². The zero-order valence-corrected chi connectivity index (χ0v) is 6.56. The van der Waals surface area contributed by atoms with E-state index in [0.29, 0.717) is 13.0 Å². The Balaban J connectivity index is 2.39. The standard InChI is InChI=1S/C6H10O3S/c1-4-9-3-2-5(10-4)6(7)8/h4-5H,2-3H2,1H3,(H,7,8). The number of carbonyl (C=O) groups is 1. The molecule has 3 nitrogen and oxygen atoms in total. The van der Waals surface area contributed by atoms with Gasteiger partial charge in [-0.2, -0.15) is 0 Å². The molecule has 0 aromatic rings. The minimum absolute atomic E-state index is 0.0369. The van der Waals surface area contributed by atoms with Crippen LogP contribution >= 0.6 is 11.8 Å². The van der Waals surface area contributed by atoms with E-state index in [2.05, 4.69) is 0 Å². The van der Waals surface area contributed by atoms with Gasteiger partial charge in [0.15, 0.2) is 0 Å². The third-order valence-corrected chi connectivity index (χ3v) is 2.65. The van der Waals surface area contributed by atoms with Gasteiger partial charge in [-0.3, -0.25) is 4.79 Å². The van der Waals surface area contributed by atoms with Crippen LogP contribution in [0.3, 0.4) is 0 Å². The van der Waals surface area contributed by atoms with Crippen molar-refractivity contribution in [3.63, 3.8) is 0 Å². The van der Waals surface area contributed by atoms with Crippen LogP contribution in [-0.2, 0) is 9.53 Å². The fourth-order valence-electron chi connectivity index (χ4n) is 0.861. The Labute approximate surface area is 63.8 Å². The van der Waals surface area contributed by atoms with E-state index in [0.717, 1.165) is 0 Å². The van der Waals surface area contributed by atoms with Crippen LogP contribution in [0.25, 0.3) is 0 Å². The molecule has 0 radical (unpaired) electrons. The predicted octanol–water partition coefficient (Wildman–Crippen LogP) is 0.939.